The number of ether oxygens (including phenoxy) is 1. The van der Waals surface area contributed by atoms with Gasteiger partial charge in [-0.15, -0.1) is 0 Å². The highest BCUT2D eigenvalue weighted by Crippen LogP contribution is 2.29. The van der Waals surface area contributed by atoms with Crippen LogP contribution in [0.25, 0.3) is 10.9 Å². The number of aromatic nitrogens is 2. The first-order valence-corrected chi connectivity index (χ1v) is 10.2. The molecule has 0 saturated carbocycles. The molecule has 1 amide bonds. The van der Waals surface area contributed by atoms with Gasteiger partial charge < -0.3 is 10.1 Å². The Morgan fingerprint density at radius 2 is 1.74 bits per heavy atom. The van der Waals surface area contributed by atoms with Crippen LogP contribution >= 0.6 is 11.6 Å². The Labute approximate surface area is 184 Å². The minimum absolute atomic E-state index is 0.0971. The van der Waals surface area contributed by atoms with Crippen molar-refractivity contribution in [2.75, 3.05) is 5.32 Å². The van der Waals surface area contributed by atoms with E-state index in [2.05, 4.69) is 10.3 Å². The van der Waals surface area contributed by atoms with E-state index in [1.807, 2.05) is 24.3 Å². The zero-order valence-electron chi connectivity index (χ0n) is 16.6. The van der Waals surface area contributed by atoms with Crippen LogP contribution in [0.15, 0.2) is 83.9 Å². The van der Waals surface area contributed by atoms with Gasteiger partial charge in [-0.25, -0.2) is 4.98 Å². The minimum Gasteiger partial charge on any atom is -0.456 e. The van der Waals surface area contributed by atoms with Crippen molar-refractivity contribution in [3.63, 3.8) is 0 Å². The van der Waals surface area contributed by atoms with Gasteiger partial charge in [-0.3, -0.25) is 14.2 Å². The quantitative estimate of drug-likeness (QED) is 0.431. The Balaban J connectivity index is 1.30. The molecule has 4 aromatic rings. The number of hydrogen-bond acceptors (Lipinski definition) is 4. The highest BCUT2D eigenvalue weighted by Gasteiger charge is 2.07. The molecule has 3 aromatic carbocycles. The van der Waals surface area contributed by atoms with Gasteiger partial charge in [-0.1, -0.05) is 35.9 Å². The van der Waals surface area contributed by atoms with E-state index in [1.165, 1.54) is 10.9 Å². The van der Waals surface area contributed by atoms with Gasteiger partial charge in [0.25, 0.3) is 5.56 Å². The van der Waals surface area contributed by atoms with Gasteiger partial charge in [-0.05, 0) is 55.0 Å². The fraction of sp³-hybridized carbons (Fsp3) is 0.125. The van der Waals surface area contributed by atoms with Gasteiger partial charge in [-0.2, -0.15) is 0 Å². The standard InChI is InChI=1S/C24H20ClN3O3/c25-20-7-2-4-9-22(20)31-18-13-11-17(12-14-18)27-23(29)10-5-15-28-16-26-21-8-3-1-6-19(21)24(28)30/h1-4,6-9,11-14,16H,5,10,15H2,(H,27,29). The third kappa shape index (κ3) is 5.10. The number of benzene rings is 3. The normalized spacial score (nSPS) is 10.7. The summed E-state index contributed by atoms with van der Waals surface area (Å²) in [6.45, 7) is 0.425. The van der Waals surface area contributed by atoms with Crippen LogP contribution in [-0.2, 0) is 11.3 Å². The molecule has 0 aliphatic rings. The third-order valence-electron chi connectivity index (χ3n) is 4.74. The van der Waals surface area contributed by atoms with Crippen molar-refractivity contribution in [2.45, 2.75) is 19.4 Å². The molecule has 1 aromatic heterocycles. The van der Waals surface area contributed by atoms with Crippen molar-refractivity contribution in [1.82, 2.24) is 9.55 Å². The van der Waals surface area contributed by atoms with Crippen LogP contribution in [0.5, 0.6) is 11.5 Å². The lowest BCUT2D eigenvalue weighted by Crippen LogP contribution is -2.21. The van der Waals surface area contributed by atoms with E-state index in [1.54, 1.807) is 48.5 Å². The van der Waals surface area contributed by atoms with Crippen LogP contribution in [0, 0.1) is 0 Å². The number of nitrogens with one attached hydrogen (secondary N) is 1. The molecule has 7 heteroatoms. The average Bonchev–Trinajstić information content (AvgIpc) is 2.78. The Kier molecular flexibility index (Phi) is 6.29. The van der Waals surface area contributed by atoms with E-state index >= 15 is 0 Å². The molecule has 0 bridgehead atoms. The zero-order valence-corrected chi connectivity index (χ0v) is 17.4. The largest absolute Gasteiger partial charge is 0.456 e. The first kappa shape index (κ1) is 20.6. The lowest BCUT2D eigenvalue weighted by molar-refractivity contribution is -0.116. The van der Waals surface area contributed by atoms with Crippen molar-refractivity contribution >= 4 is 34.1 Å². The molecule has 0 unspecified atom stereocenters. The maximum Gasteiger partial charge on any atom is 0.261 e. The molecule has 6 nitrogen and oxygen atoms in total. The van der Waals surface area contributed by atoms with Crippen LogP contribution in [0.4, 0.5) is 5.69 Å². The fourth-order valence-electron chi connectivity index (χ4n) is 3.16. The molecule has 0 spiro atoms. The molecular formula is C24H20ClN3O3. The van der Waals surface area contributed by atoms with E-state index in [0.29, 0.717) is 46.1 Å². The second-order valence-electron chi connectivity index (χ2n) is 6.97. The average molecular weight is 434 g/mol. The number of hydrogen-bond donors (Lipinski definition) is 1. The zero-order chi connectivity index (χ0) is 21.6. The van der Waals surface area contributed by atoms with Crippen LogP contribution in [-0.4, -0.2) is 15.5 Å². The summed E-state index contributed by atoms with van der Waals surface area (Å²) >= 11 is 6.10. The Morgan fingerprint density at radius 3 is 2.55 bits per heavy atom. The molecule has 0 atom stereocenters. The predicted molar refractivity (Wildman–Crippen MR) is 122 cm³/mol. The van der Waals surface area contributed by atoms with Crippen molar-refractivity contribution in [2.24, 2.45) is 0 Å². The van der Waals surface area contributed by atoms with Gasteiger partial charge in [0.1, 0.15) is 11.5 Å². The predicted octanol–water partition coefficient (Wildman–Crippen LogP) is 5.26. The van der Waals surface area contributed by atoms with E-state index in [0.717, 1.165) is 0 Å². The maximum absolute atomic E-state index is 12.5. The molecule has 31 heavy (non-hydrogen) atoms. The summed E-state index contributed by atoms with van der Waals surface area (Å²) in [6.07, 6.45) is 2.34. The minimum atomic E-state index is -0.124. The van der Waals surface area contributed by atoms with Gasteiger partial charge in [0.2, 0.25) is 5.91 Å². The van der Waals surface area contributed by atoms with E-state index < -0.39 is 0 Å². The maximum atomic E-state index is 12.5. The number of rotatable bonds is 7. The molecule has 0 aliphatic heterocycles. The molecule has 1 heterocycles. The van der Waals surface area contributed by atoms with Crippen LogP contribution in [0.3, 0.4) is 0 Å². The lowest BCUT2D eigenvalue weighted by Gasteiger charge is -2.09. The summed E-state index contributed by atoms with van der Waals surface area (Å²) in [5.74, 6) is 1.07. The number of nitrogens with zero attached hydrogens (tertiary/aromatic N) is 2. The topological polar surface area (TPSA) is 73.2 Å². The Hall–Kier alpha value is -3.64. The molecule has 156 valence electrons. The SMILES string of the molecule is O=C(CCCn1cnc2ccccc2c1=O)Nc1ccc(Oc2ccccc2Cl)cc1. The second kappa shape index (κ2) is 9.45. The molecular weight excluding hydrogens is 414 g/mol. The van der Waals surface area contributed by atoms with Crippen molar-refractivity contribution in [1.29, 1.82) is 0 Å². The number of carbonyl (C=O) groups excluding carboxylic acids is 1. The molecule has 1 N–H and O–H groups in total. The van der Waals surface area contributed by atoms with Crippen LogP contribution < -0.4 is 15.6 Å². The van der Waals surface area contributed by atoms with E-state index in [4.69, 9.17) is 16.3 Å². The number of para-hydroxylation sites is 2. The molecule has 0 aliphatic carbocycles. The summed E-state index contributed by atoms with van der Waals surface area (Å²) in [4.78, 5) is 29.0. The number of anilines is 1. The van der Waals surface area contributed by atoms with E-state index in [-0.39, 0.29) is 17.9 Å². The second-order valence-corrected chi connectivity index (χ2v) is 7.38. The molecule has 0 radical (unpaired) electrons. The van der Waals surface area contributed by atoms with Crippen molar-refractivity contribution in [3.05, 3.63) is 94.5 Å². The monoisotopic (exact) mass is 433 g/mol. The smallest absolute Gasteiger partial charge is 0.261 e. The van der Waals surface area contributed by atoms with Gasteiger partial charge in [0, 0.05) is 18.7 Å². The van der Waals surface area contributed by atoms with Crippen LogP contribution in [0.1, 0.15) is 12.8 Å². The highest BCUT2D eigenvalue weighted by atomic mass is 35.5. The number of halogens is 1. The first-order valence-electron chi connectivity index (χ1n) is 9.86. The van der Waals surface area contributed by atoms with Gasteiger partial charge in [0.15, 0.2) is 0 Å². The molecule has 0 fully saturated rings. The highest BCUT2D eigenvalue weighted by molar-refractivity contribution is 6.32. The van der Waals surface area contributed by atoms with Crippen LogP contribution in [0.2, 0.25) is 5.02 Å². The summed E-state index contributed by atoms with van der Waals surface area (Å²) in [5.41, 5.74) is 1.24. The fourth-order valence-corrected chi connectivity index (χ4v) is 3.33. The number of amides is 1. The summed E-state index contributed by atoms with van der Waals surface area (Å²) in [6, 6.07) is 21.5. The molecule has 4 rings (SSSR count). The Bertz CT molecular complexity index is 1270. The number of carbonyl (C=O) groups is 1. The first-order chi connectivity index (χ1) is 15.1. The summed E-state index contributed by atoms with van der Waals surface area (Å²) < 4.78 is 7.28. The summed E-state index contributed by atoms with van der Waals surface area (Å²) in [7, 11) is 0. The lowest BCUT2D eigenvalue weighted by atomic mass is 10.2. The number of fused-ring (bicyclic) bond motifs is 1. The van der Waals surface area contributed by atoms with Gasteiger partial charge in [0.05, 0.1) is 22.3 Å². The van der Waals surface area contributed by atoms with Gasteiger partial charge >= 0.3 is 0 Å². The Morgan fingerprint density at radius 1 is 1.00 bits per heavy atom. The molecule has 0 saturated heterocycles. The van der Waals surface area contributed by atoms with Crippen molar-refractivity contribution in [3.8, 4) is 11.5 Å². The summed E-state index contributed by atoms with van der Waals surface area (Å²) in [5, 5.41) is 3.96. The van der Waals surface area contributed by atoms with E-state index in [9.17, 15) is 9.59 Å². The third-order valence-corrected chi connectivity index (χ3v) is 5.05. The number of aryl methyl sites for hydroxylation is 1. The van der Waals surface area contributed by atoms with Crippen molar-refractivity contribution < 1.29 is 9.53 Å².